The standard InChI is InChI=1S/C21H23Cl2N/c1-6-17-12-19(7-8-20(17)23)24-16(5)21(15(4)22)18-10-13(2)9-14(3)11-18/h6-12,15,21,24H,1,5H2,2-4H3. The second kappa shape index (κ2) is 7.92. The summed E-state index contributed by atoms with van der Waals surface area (Å²) >= 11 is 12.6. The van der Waals surface area contributed by atoms with Crippen molar-refractivity contribution < 1.29 is 0 Å². The second-order valence-corrected chi connectivity index (χ2v) is 7.26. The number of rotatable bonds is 6. The van der Waals surface area contributed by atoms with Crippen LogP contribution >= 0.6 is 23.2 Å². The van der Waals surface area contributed by atoms with Crippen molar-refractivity contribution in [1.82, 2.24) is 0 Å². The van der Waals surface area contributed by atoms with E-state index in [2.05, 4.69) is 50.5 Å². The van der Waals surface area contributed by atoms with Crippen LogP contribution in [0.4, 0.5) is 5.69 Å². The summed E-state index contributed by atoms with van der Waals surface area (Å²) in [6.45, 7) is 14.2. The van der Waals surface area contributed by atoms with Gasteiger partial charge in [-0.05, 0) is 50.1 Å². The summed E-state index contributed by atoms with van der Waals surface area (Å²) in [6, 6.07) is 12.2. The number of hydrogen-bond acceptors (Lipinski definition) is 1. The Hall–Kier alpha value is -1.70. The highest BCUT2D eigenvalue weighted by molar-refractivity contribution is 6.32. The average molecular weight is 360 g/mol. The van der Waals surface area contributed by atoms with E-state index >= 15 is 0 Å². The number of hydrogen-bond donors (Lipinski definition) is 1. The fraction of sp³-hybridized carbons (Fsp3) is 0.238. The smallest absolute Gasteiger partial charge is 0.0479 e. The zero-order valence-corrected chi connectivity index (χ0v) is 15.9. The van der Waals surface area contributed by atoms with Gasteiger partial charge in [0.1, 0.15) is 0 Å². The van der Waals surface area contributed by atoms with Crippen molar-refractivity contribution in [2.24, 2.45) is 0 Å². The molecule has 0 amide bonds. The molecule has 0 saturated carbocycles. The van der Waals surface area contributed by atoms with Gasteiger partial charge in [-0.25, -0.2) is 0 Å². The maximum atomic E-state index is 6.49. The molecular formula is C21H23Cl2N. The topological polar surface area (TPSA) is 12.0 Å². The first-order chi connectivity index (χ1) is 11.3. The summed E-state index contributed by atoms with van der Waals surface area (Å²) < 4.78 is 0. The number of alkyl halides is 1. The Kier molecular flexibility index (Phi) is 6.15. The molecular weight excluding hydrogens is 337 g/mol. The molecule has 2 aromatic rings. The molecule has 0 aliphatic carbocycles. The first-order valence-corrected chi connectivity index (χ1v) is 8.73. The predicted molar refractivity (Wildman–Crippen MR) is 108 cm³/mol. The van der Waals surface area contributed by atoms with Crippen molar-refractivity contribution in [1.29, 1.82) is 0 Å². The lowest BCUT2D eigenvalue weighted by Gasteiger charge is -2.25. The van der Waals surface area contributed by atoms with E-state index in [1.54, 1.807) is 6.08 Å². The van der Waals surface area contributed by atoms with Crippen LogP contribution in [-0.4, -0.2) is 5.38 Å². The minimum atomic E-state index is -0.0858. The zero-order chi connectivity index (χ0) is 17.9. The number of aryl methyl sites for hydroxylation is 2. The molecule has 0 saturated heterocycles. The van der Waals surface area contributed by atoms with E-state index in [-0.39, 0.29) is 11.3 Å². The van der Waals surface area contributed by atoms with Crippen LogP contribution < -0.4 is 5.32 Å². The lowest BCUT2D eigenvalue weighted by molar-refractivity contribution is 0.773. The highest BCUT2D eigenvalue weighted by Gasteiger charge is 2.21. The molecule has 2 atom stereocenters. The maximum absolute atomic E-state index is 6.49. The van der Waals surface area contributed by atoms with Crippen LogP contribution in [0.15, 0.2) is 55.3 Å². The molecule has 0 aliphatic heterocycles. The van der Waals surface area contributed by atoms with Crippen LogP contribution in [0.3, 0.4) is 0 Å². The highest BCUT2D eigenvalue weighted by Crippen LogP contribution is 2.33. The van der Waals surface area contributed by atoms with E-state index in [0.29, 0.717) is 5.02 Å². The number of allylic oxidation sites excluding steroid dienone is 1. The molecule has 0 radical (unpaired) electrons. The van der Waals surface area contributed by atoms with Gasteiger partial charge >= 0.3 is 0 Å². The fourth-order valence-electron chi connectivity index (χ4n) is 2.97. The Morgan fingerprint density at radius 2 is 1.75 bits per heavy atom. The van der Waals surface area contributed by atoms with Crippen molar-refractivity contribution in [3.05, 3.63) is 82.5 Å². The van der Waals surface area contributed by atoms with E-state index in [0.717, 1.165) is 16.9 Å². The number of benzene rings is 2. The molecule has 1 nitrogen and oxygen atoms in total. The summed E-state index contributed by atoms with van der Waals surface area (Å²) in [7, 11) is 0. The average Bonchev–Trinajstić information content (AvgIpc) is 2.48. The van der Waals surface area contributed by atoms with Gasteiger partial charge in [-0.2, -0.15) is 0 Å². The normalized spacial score (nSPS) is 13.2. The predicted octanol–water partition coefficient (Wildman–Crippen LogP) is 6.94. The summed E-state index contributed by atoms with van der Waals surface area (Å²) in [5, 5.41) is 3.97. The van der Waals surface area contributed by atoms with Gasteiger partial charge in [0.15, 0.2) is 0 Å². The third-order valence-electron chi connectivity index (χ3n) is 3.96. The number of halogens is 2. The summed E-state index contributed by atoms with van der Waals surface area (Å²) in [6.07, 6.45) is 1.74. The Morgan fingerprint density at radius 3 is 2.29 bits per heavy atom. The Morgan fingerprint density at radius 1 is 1.12 bits per heavy atom. The number of nitrogens with one attached hydrogen (secondary N) is 1. The largest absolute Gasteiger partial charge is 0.359 e. The number of anilines is 1. The van der Waals surface area contributed by atoms with Crippen LogP contribution in [-0.2, 0) is 0 Å². The molecule has 1 N–H and O–H groups in total. The van der Waals surface area contributed by atoms with Crippen molar-refractivity contribution in [3.63, 3.8) is 0 Å². The summed E-state index contributed by atoms with van der Waals surface area (Å²) in [5.41, 5.74) is 6.29. The molecule has 24 heavy (non-hydrogen) atoms. The molecule has 2 aromatic carbocycles. The fourth-order valence-corrected chi connectivity index (χ4v) is 3.47. The molecule has 0 heterocycles. The van der Waals surface area contributed by atoms with Gasteiger partial charge in [0.25, 0.3) is 0 Å². The molecule has 2 unspecified atom stereocenters. The van der Waals surface area contributed by atoms with E-state index in [1.165, 1.54) is 16.7 Å². The molecule has 126 valence electrons. The van der Waals surface area contributed by atoms with E-state index < -0.39 is 0 Å². The van der Waals surface area contributed by atoms with Gasteiger partial charge < -0.3 is 5.32 Å². The SMILES string of the molecule is C=Cc1cc(NC(=C)C(c2cc(C)cc(C)c2)C(C)Cl)ccc1Cl. The van der Waals surface area contributed by atoms with Crippen molar-refractivity contribution in [3.8, 4) is 0 Å². The molecule has 2 rings (SSSR count). The van der Waals surface area contributed by atoms with Gasteiger partial charge in [-0.15, -0.1) is 11.6 Å². The van der Waals surface area contributed by atoms with E-state index in [4.69, 9.17) is 23.2 Å². The van der Waals surface area contributed by atoms with Crippen LogP contribution in [0.5, 0.6) is 0 Å². The first kappa shape index (κ1) is 18.6. The van der Waals surface area contributed by atoms with Crippen molar-refractivity contribution in [2.45, 2.75) is 32.1 Å². The summed E-state index contributed by atoms with van der Waals surface area (Å²) in [4.78, 5) is 0. The van der Waals surface area contributed by atoms with Gasteiger partial charge in [0.2, 0.25) is 0 Å². The Labute approximate surface area is 155 Å². The third kappa shape index (κ3) is 4.43. The lowest BCUT2D eigenvalue weighted by atomic mass is 9.90. The quantitative estimate of drug-likeness (QED) is 0.550. The molecule has 0 spiro atoms. The minimum Gasteiger partial charge on any atom is -0.359 e. The van der Waals surface area contributed by atoms with Gasteiger partial charge in [-0.3, -0.25) is 0 Å². The lowest BCUT2D eigenvalue weighted by Crippen LogP contribution is -2.17. The van der Waals surface area contributed by atoms with E-state index in [9.17, 15) is 0 Å². The van der Waals surface area contributed by atoms with Gasteiger partial charge in [0, 0.05) is 27.7 Å². The minimum absolute atomic E-state index is 0.00752. The molecule has 0 aliphatic rings. The van der Waals surface area contributed by atoms with Crippen molar-refractivity contribution in [2.75, 3.05) is 5.32 Å². The first-order valence-electron chi connectivity index (χ1n) is 7.92. The zero-order valence-electron chi connectivity index (χ0n) is 14.4. The van der Waals surface area contributed by atoms with Gasteiger partial charge in [-0.1, -0.05) is 60.2 Å². The van der Waals surface area contributed by atoms with Crippen LogP contribution in [0.25, 0.3) is 6.08 Å². The monoisotopic (exact) mass is 359 g/mol. The Balaban J connectivity index is 2.31. The van der Waals surface area contributed by atoms with Crippen LogP contribution in [0, 0.1) is 13.8 Å². The van der Waals surface area contributed by atoms with Crippen molar-refractivity contribution >= 4 is 35.0 Å². The molecule has 3 heteroatoms. The maximum Gasteiger partial charge on any atom is 0.0479 e. The van der Waals surface area contributed by atoms with Crippen LogP contribution in [0.1, 0.15) is 35.1 Å². The van der Waals surface area contributed by atoms with Crippen LogP contribution in [0.2, 0.25) is 5.02 Å². The summed E-state index contributed by atoms with van der Waals surface area (Å²) in [5.74, 6) is 0.00752. The molecule has 0 fully saturated rings. The molecule has 0 aromatic heterocycles. The third-order valence-corrected chi connectivity index (χ3v) is 4.55. The highest BCUT2D eigenvalue weighted by atomic mass is 35.5. The van der Waals surface area contributed by atoms with E-state index in [1.807, 2.05) is 25.1 Å². The Bertz CT molecular complexity index is 742. The molecule has 0 bridgehead atoms. The second-order valence-electron chi connectivity index (χ2n) is 6.17. The van der Waals surface area contributed by atoms with Gasteiger partial charge in [0.05, 0.1) is 0 Å².